The Bertz CT molecular complexity index is 709. The van der Waals surface area contributed by atoms with Gasteiger partial charge in [0.25, 0.3) is 0 Å². The van der Waals surface area contributed by atoms with Crippen LogP contribution in [0.3, 0.4) is 0 Å². The zero-order valence-electron chi connectivity index (χ0n) is 16.9. The monoisotopic (exact) mass is 374 g/mol. The van der Waals surface area contributed by atoms with Crippen molar-refractivity contribution in [2.24, 2.45) is 0 Å². The van der Waals surface area contributed by atoms with Gasteiger partial charge in [0.1, 0.15) is 11.4 Å². The number of rotatable bonds is 5. The van der Waals surface area contributed by atoms with Crippen LogP contribution in [0.15, 0.2) is 24.8 Å². The van der Waals surface area contributed by atoms with Crippen LogP contribution in [-0.2, 0) is 16.0 Å². The maximum atomic E-state index is 12.8. The molecular weight excluding hydrogens is 344 g/mol. The highest BCUT2D eigenvalue weighted by atomic mass is 16.6. The molecule has 2 amide bonds. The van der Waals surface area contributed by atoms with Gasteiger partial charge in [0.05, 0.1) is 19.6 Å². The van der Waals surface area contributed by atoms with E-state index >= 15 is 0 Å². The number of hydrogen-bond acceptors (Lipinski definition) is 4. The van der Waals surface area contributed by atoms with Crippen molar-refractivity contribution in [1.29, 1.82) is 0 Å². The van der Waals surface area contributed by atoms with E-state index in [-0.39, 0.29) is 24.5 Å². The highest BCUT2D eigenvalue weighted by Crippen LogP contribution is 2.23. The van der Waals surface area contributed by atoms with Gasteiger partial charge < -0.3 is 19.3 Å². The van der Waals surface area contributed by atoms with Crippen molar-refractivity contribution >= 4 is 18.1 Å². The highest BCUT2D eigenvalue weighted by molar-refractivity contribution is 5.80. The van der Waals surface area contributed by atoms with Gasteiger partial charge in [0, 0.05) is 25.7 Å². The number of likely N-dealkylation sites (tertiary alicyclic amines) is 1. The lowest BCUT2D eigenvalue weighted by Gasteiger charge is -2.27. The topological polar surface area (TPSA) is 59.1 Å². The Balaban J connectivity index is 2.00. The van der Waals surface area contributed by atoms with E-state index in [0.29, 0.717) is 18.8 Å². The third-order valence-corrected chi connectivity index (χ3v) is 4.64. The fraction of sp³-hybridized carbons (Fsp3) is 0.524. The standard InChI is InChI=1S/C21H30N2O4/c1-7-15-8-9-18(26-6)16(12-15)13-19(24)22(5)17-10-11-23(14-17)20(25)27-21(2,3)4/h7-9,12,17H,1,10-11,13-14H2,2-6H3/t17-/m1/s1. The molecule has 0 saturated carbocycles. The van der Waals surface area contributed by atoms with E-state index in [1.807, 2.05) is 39.0 Å². The molecule has 1 saturated heterocycles. The molecule has 148 valence electrons. The van der Waals surface area contributed by atoms with E-state index < -0.39 is 5.60 Å². The molecule has 0 N–H and O–H groups in total. The Kier molecular flexibility index (Phi) is 6.52. The smallest absolute Gasteiger partial charge is 0.410 e. The molecule has 1 fully saturated rings. The van der Waals surface area contributed by atoms with E-state index in [0.717, 1.165) is 17.5 Å². The first kappa shape index (κ1) is 20.8. The number of carbonyl (C=O) groups excluding carboxylic acids is 2. The molecule has 0 unspecified atom stereocenters. The van der Waals surface area contributed by atoms with E-state index in [1.54, 1.807) is 30.0 Å². The van der Waals surface area contributed by atoms with Crippen molar-refractivity contribution in [2.75, 3.05) is 27.2 Å². The third-order valence-electron chi connectivity index (χ3n) is 4.64. The molecule has 27 heavy (non-hydrogen) atoms. The number of amides is 2. The average molecular weight is 374 g/mol. The summed E-state index contributed by atoms with van der Waals surface area (Å²) in [5.41, 5.74) is 1.25. The molecule has 1 aliphatic rings. The summed E-state index contributed by atoms with van der Waals surface area (Å²) in [6, 6.07) is 5.65. The van der Waals surface area contributed by atoms with Gasteiger partial charge in [-0.15, -0.1) is 0 Å². The summed E-state index contributed by atoms with van der Waals surface area (Å²) in [5.74, 6) is 0.676. The summed E-state index contributed by atoms with van der Waals surface area (Å²) in [4.78, 5) is 28.4. The van der Waals surface area contributed by atoms with Crippen LogP contribution < -0.4 is 4.74 Å². The van der Waals surface area contributed by atoms with Gasteiger partial charge in [-0.3, -0.25) is 4.79 Å². The minimum absolute atomic E-state index is 0.00875. The number of benzene rings is 1. The average Bonchev–Trinajstić information content (AvgIpc) is 3.09. The van der Waals surface area contributed by atoms with Crippen LogP contribution in [0.5, 0.6) is 5.75 Å². The molecule has 1 aromatic carbocycles. The van der Waals surface area contributed by atoms with Crippen LogP contribution in [0.1, 0.15) is 38.3 Å². The van der Waals surface area contributed by atoms with Gasteiger partial charge in [-0.2, -0.15) is 0 Å². The maximum absolute atomic E-state index is 12.8. The zero-order valence-corrected chi connectivity index (χ0v) is 16.9. The molecule has 0 aliphatic carbocycles. The first-order valence-electron chi connectivity index (χ1n) is 9.17. The SMILES string of the molecule is C=Cc1ccc(OC)c(CC(=O)N(C)[C@@H]2CCN(C(=O)OC(C)(C)C)C2)c1. The molecule has 1 aliphatic heterocycles. The van der Waals surface area contributed by atoms with Gasteiger partial charge in [0.2, 0.25) is 5.91 Å². The summed E-state index contributed by atoms with van der Waals surface area (Å²) in [7, 11) is 3.38. The van der Waals surface area contributed by atoms with Crippen LogP contribution in [0.2, 0.25) is 0 Å². The number of likely N-dealkylation sites (N-methyl/N-ethyl adjacent to an activating group) is 1. The minimum atomic E-state index is -0.524. The van der Waals surface area contributed by atoms with E-state index in [4.69, 9.17) is 9.47 Å². The number of hydrogen-bond donors (Lipinski definition) is 0. The summed E-state index contributed by atoms with van der Waals surface area (Å²) < 4.78 is 10.8. The van der Waals surface area contributed by atoms with Gasteiger partial charge in [-0.05, 0) is 44.9 Å². The first-order chi connectivity index (χ1) is 12.6. The molecule has 2 rings (SSSR count). The Morgan fingerprint density at radius 2 is 2.07 bits per heavy atom. The largest absolute Gasteiger partial charge is 0.496 e. The van der Waals surface area contributed by atoms with Gasteiger partial charge in [0.15, 0.2) is 0 Å². The predicted molar refractivity (Wildman–Crippen MR) is 106 cm³/mol. The highest BCUT2D eigenvalue weighted by Gasteiger charge is 2.33. The number of ether oxygens (including phenoxy) is 2. The Morgan fingerprint density at radius 3 is 2.67 bits per heavy atom. The lowest BCUT2D eigenvalue weighted by atomic mass is 10.1. The van der Waals surface area contributed by atoms with Gasteiger partial charge in [-0.1, -0.05) is 18.7 Å². The second kappa shape index (κ2) is 8.46. The second-order valence-corrected chi connectivity index (χ2v) is 7.83. The van der Waals surface area contributed by atoms with Crippen LogP contribution in [0.4, 0.5) is 4.79 Å². The quantitative estimate of drug-likeness (QED) is 0.793. The molecule has 6 heteroatoms. The molecule has 1 atom stereocenters. The number of nitrogens with zero attached hydrogens (tertiary/aromatic N) is 2. The fourth-order valence-electron chi connectivity index (χ4n) is 3.11. The van der Waals surface area contributed by atoms with Crippen molar-refractivity contribution in [2.45, 2.75) is 45.3 Å². The van der Waals surface area contributed by atoms with Crippen molar-refractivity contribution < 1.29 is 19.1 Å². The van der Waals surface area contributed by atoms with Crippen molar-refractivity contribution in [3.8, 4) is 5.75 Å². The lowest BCUT2D eigenvalue weighted by molar-refractivity contribution is -0.131. The van der Waals surface area contributed by atoms with Crippen LogP contribution in [0, 0.1) is 0 Å². The van der Waals surface area contributed by atoms with Gasteiger partial charge >= 0.3 is 6.09 Å². The van der Waals surface area contributed by atoms with E-state index in [9.17, 15) is 9.59 Å². The molecule has 1 aromatic rings. The van der Waals surface area contributed by atoms with Crippen LogP contribution in [0.25, 0.3) is 6.08 Å². The Morgan fingerprint density at radius 1 is 1.37 bits per heavy atom. The van der Waals surface area contributed by atoms with E-state index in [1.165, 1.54) is 0 Å². The lowest BCUT2D eigenvalue weighted by Crippen LogP contribution is -2.41. The van der Waals surface area contributed by atoms with Crippen molar-refractivity contribution in [3.63, 3.8) is 0 Å². The first-order valence-corrected chi connectivity index (χ1v) is 9.17. The predicted octanol–water partition coefficient (Wildman–Crippen LogP) is 3.35. The molecule has 6 nitrogen and oxygen atoms in total. The van der Waals surface area contributed by atoms with Gasteiger partial charge in [-0.25, -0.2) is 4.79 Å². The normalized spacial score (nSPS) is 16.8. The zero-order chi connectivity index (χ0) is 20.2. The molecule has 0 bridgehead atoms. The summed E-state index contributed by atoms with van der Waals surface area (Å²) in [6.07, 6.45) is 2.40. The summed E-state index contributed by atoms with van der Waals surface area (Å²) in [5, 5.41) is 0. The Hall–Kier alpha value is -2.50. The van der Waals surface area contributed by atoms with Crippen molar-refractivity contribution in [1.82, 2.24) is 9.80 Å². The second-order valence-electron chi connectivity index (χ2n) is 7.83. The van der Waals surface area contributed by atoms with Crippen molar-refractivity contribution in [3.05, 3.63) is 35.9 Å². The third kappa shape index (κ3) is 5.49. The summed E-state index contributed by atoms with van der Waals surface area (Å²) >= 11 is 0. The fourth-order valence-corrected chi connectivity index (χ4v) is 3.11. The Labute approximate surface area is 161 Å². The number of methoxy groups -OCH3 is 1. The van der Waals surface area contributed by atoms with Crippen LogP contribution >= 0.6 is 0 Å². The van der Waals surface area contributed by atoms with E-state index in [2.05, 4.69) is 6.58 Å². The minimum Gasteiger partial charge on any atom is -0.496 e. The summed E-state index contributed by atoms with van der Waals surface area (Å²) in [6.45, 7) is 10.4. The molecular formula is C21H30N2O4. The molecule has 1 heterocycles. The molecule has 0 aromatic heterocycles. The van der Waals surface area contributed by atoms with Crippen LogP contribution in [-0.4, -0.2) is 60.7 Å². The molecule has 0 spiro atoms. The molecule has 0 radical (unpaired) electrons. The maximum Gasteiger partial charge on any atom is 0.410 e. The number of carbonyl (C=O) groups is 2.